The molecule has 0 aliphatic carbocycles. The van der Waals surface area contributed by atoms with Crippen LogP contribution in [0.25, 0.3) is 0 Å². The highest BCUT2D eigenvalue weighted by Gasteiger charge is 2.29. The molecule has 1 amide bonds. The molecule has 0 saturated carbocycles. The maximum absolute atomic E-state index is 12.6. The van der Waals surface area contributed by atoms with Crippen molar-refractivity contribution in [2.75, 3.05) is 26.3 Å². The van der Waals surface area contributed by atoms with E-state index in [0.717, 1.165) is 44.4 Å². The van der Waals surface area contributed by atoms with E-state index in [9.17, 15) is 4.79 Å². The Morgan fingerprint density at radius 1 is 1.48 bits per heavy atom. The van der Waals surface area contributed by atoms with E-state index in [1.807, 2.05) is 29.6 Å². The Kier molecular flexibility index (Phi) is 5.33. The van der Waals surface area contributed by atoms with Gasteiger partial charge in [0.15, 0.2) is 0 Å². The Morgan fingerprint density at radius 2 is 2.35 bits per heavy atom. The molecule has 2 aliphatic heterocycles. The van der Waals surface area contributed by atoms with Crippen LogP contribution >= 0.6 is 0 Å². The van der Waals surface area contributed by atoms with Gasteiger partial charge in [0, 0.05) is 25.9 Å². The van der Waals surface area contributed by atoms with Crippen molar-refractivity contribution < 1.29 is 14.3 Å². The van der Waals surface area contributed by atoms with Crippen LogP contribution < -0.4 is 0 Å². The third kappa shape index (κ3) is 4.12. The van der Waals surface area contributed by atoms with E-state index in [1.54, 1.807) is 0 Å². The molecule has 0 radical (unpaired) electrons. The Hall–Kier alpha value is -1.40. The van der Waals surface area contributed by atoms with E-state index < -0.39 is 6.10 Å². The SMILES string of the molecule is Cc1cnn([C@@H]2CCCN(C(=O)[C@@H](C)OC[C@@H]3CCCO3)C2)c1. The maximum atomic E-state index is 12.6. The fourth-order valence-corrected chi connectivity index (χ4v) is 3.36. The second-order valence-electron chi connectivity index (χ2n) is 6.69. The molecule has 1 aromatic heterocycles. The van der Waals surface area contributed by atoms with Gasteiger partial charge in [-0.15, -0.1) is 0 Å². The number of nitrogens with zero attached hydrogens (tertiary/aromatic N) is 3. The zero-order valence-corrected chi connectivity index (χ0v) is 14.1. The molecule has 6 heteroatoms. The number of hydrogen-bond donors (Lipinski definition) is 0. The monoisotopic (exact) mass is 321 g/mol. The summed E-state index contributed by atoms with van der Waals surface area (Å²) in [7, 11) is 0. The van der Waals surface area contributed by atoms with Crippen LogP contribution in [0, 0.1) is 6.92 Å². The van der Waals surface area contributed by atoms with E-state index in [1.165, 1.54) is 0 Å². The zero-order chi connectivity index (χ0) is 16.2. The summed E-state index contributed by atoms with van der Waals surface area (Å²) in [5.41, 5.74) is 1.15. The first kappa shape index (κ1) is 16.5. The van der Waals surface area contributed by atoms with E-state index in [-0.39, 0.29) is 18.1 Å². The van der Waals surface area contributed by atoms with Crippen molar-refractivity contribution >= 4 is 5.91 Å². The molecule has 3 rings (SSSR count). The molecular formula is C17H27N3O3. The molecule has 0 aromatic carbocycles. The quantitative estimate of drug-likeness (QED) is 0.831. The van der Waals surface area contributed by atoms with E-state index in [4.69, 9.17) is 9.47 Å². The number of rotatable bonds is 5. The van der Waals surface area contributed by atoms with Crippen molar-refractivity contribution in [1.82, 2.24) is 14.7 Å². The van der Waals surface area contributed by atoms with Crippen molar-refractivity contribution in [3.05, 3.63) is 18.0 Å². The third-order valence-electron chi connectivity index (χ3n) is 4.72. The van der Waals surface area contributed by atoms with E-state index >= 15 is 0 Å². The Morgan fingerprint density at radius 3 is 3.04 bits per heavy atom. The average Bonchev–Trinajstić information content (AvgIpc) is 3.23. The number of ether oxygens (including phenoxy) is 2. The highest BCUT2D eigenvalue weighted by Crippen LogP contribution is 2.22. The van der Waals surface area contributed by atoms with Crippen molar-refractivity contribution in [2.24, 2.45) is 0 Å². The number of carbonyl (C=O) groups excluding carboxylic acids is 1. The highest BCUT2D eigenvalue weighted by molar-refractivity contribution is 5.80. The van der Waals surface area contributed by atoms with Gasteiger partial charge >= 0.3 is 0 Å². The zero-order valence-electron chi connectivity index (χ0n) is 14.1. The van der Waals surface area contributed by atoms with Gasteiger partial charge in [0.25, 0.3) is 5.91 Å². The Labute approximate surface area is 137 Å². The van der Waals surface area contributed by atoms with Gasteiger partial charge in [-0.2, -0.15) is 5.10 Å². The summed E-state index contributed by atoms with van der Waals surface area (Å²) in [4.78, 5) is 14.5. The number of piperidine rings is 1. The van der Waals surface area contributed by atoms with Crippen LogP contribution in [-0.4, -0.2) is 59.1 Å². The van der Waals surface area contributed by atoms with Gasteiger partial charge in [-0.3, -0.25) is 9.48 Å². The molecule has 3 heterocycles. The number of aryl methyl sites for hydroxylation is 1. The molecule has 2 fully saturated rings. The minimum Gasteiger partial charge on any atom is -0.376 e. The van der Waals surface area contributed by atoms with E-state index in [2.05, 4.69) is 11.3 Å². The molecule has 0 spiro atoms. The lowest BCUT2D eigenvalue weighted by Crippen LogP contribution is -2.45. The molecule has 0 unspecified atom stereocenters. The first-order chi connectivity index (χ1) is 11.1. The van der Waals surface area contributed by atoms with Crippen LogP contribution in [0.2, 0.25) is 0 Å². The molecule has 0 bridgehead atoms. The molecular weight excluding hydrogens is 294 g/mol. The number of hydrogen-bond acceptors (Lipinski definition) is 4. The predicted octanol–water partition coefficient (Wildman–Crippen LogP) is 1.94. The lowest BCUT2D eigenvalue weighted by atomic mass is 10.1. The maximum Gasteiger partial charge on any atom is 0.251 e. The van der Waals surface area contributed by atoms with Crippen molar-refractivity contribution in [1.29, 1.82) is 0 Å². The first-order valence-corrected chi connectivity index (χ1v) is 8.66. The molecule has 128 valence electrons. The molecule has 1 aromatic rings. The van der Waals surface area contributed by atoms with Crippen LogP contribution in [-0.2, 0) is 14.3 Å². The Bertz CT molecular complexity index is 525. The van der Waals surface area contributed by atoms with Gasteiger partial charge in [-0.25, -0.2) is 0 Å². The molecule has 2 saturated heterocycles. The minimum absolute atomic E-state index is 0.0802. The van der Waals surface area contributed by atoms with Crippen LogP contribution in [0.4, 0.5) is 0 Å². The molecule has 0 N–H and O–H groups in total. The second-order valence-corrected chi connectivity index (χ2v) is 6.69. The lowest BCUT2D eigenvalue weighted by molar-refractivity contribution is -0.146. The van der Waals surface area contributed by atoms with Crippen molar-refractivity contribution in [3.63, 3.8) is 0 Å². The minimum atomic E-state index is -0.405. The largest absolute Gasteiger partial charge is 0.376 e. The third-order valence-corrected chi connectivity index (χ3v) is 4.72. The van der Waals surface area contributed by atoms with Crippen molar-refractivity contribution in [3.8, 4) is 0 Å². The van der Waals surface area contributed by atoms with Gasteiger partial charge in [0.2, 0.25) is 0 Å². The van der Waals surface area contributed by atoms with Gasteiger partial charge in [-0.1, -0.05) is 0 Å². The average molecular weight is 321 g/mol. The van der Waals surface area contributed by atoms with E-state index in [0.29, 0.717) is 13.2 Å². The van der Waals surface area contributed by atoms with Crippen LogP contribution in [0.15, 0.2) is 12.4 Å². The summed E-state index contributed by atoms with van der Waals surface area (Å²) < 4.78 is 13.3. The fraction of sp³-hybridized carbons (Fsp3) is 0.765. The molecule has 2 aliphatic rings. The highest BCUT2D eigenvalue weighted by atomic mass is 16.5. The summed E-state index contributed by atoms with van der Waals surface area (Å²) in [6.07, 6.45) is 7.87. The summed E-state index contributed by atoms with van der Waals surface area (Å²) in [5.74, 6) is 0.0802. The summed E-state index contributed by atoms with van der Waals surface area (Å²) >= 11 is 0. The van der Waals surface area contributed by atoms with Gasteiger partial charge < -0.3 is 14.4 Å². The van der Waals surface area contributed by atoms with Crippen LogP contribution in [0.1, 0.15) is 44.2 Å². The van der Waals surface area contributed by atoms with Gasteiger partial charge in [0.1, 0.15) is 6.10 Å². The van der Waals surface area contributed by atoms with Gasteiger partial charge in [-0.05, 0) is 45.1 Å². The number of carbonyl (C=O) groups is 1. The standard InChI is InChI=1S/C17H27N3O3/c1-13-9-18-20(10-13)15-5-3-7-19(11-15)17(21)14(2)23-12-16-6-4-8-22-16/h9-10,14-16H,3-8,11-12H2,1-2H3/t14-,15-,16+/m1/s1. The smallest absolute Gasteiger partial charge is 0.251 e. The number of amides is 1. The second kappa shape index (κ2) is 7.45. The van der Waals surface area contributed by atoms with Gasteiger partial charge in [0.05, 0.1) is 24.9 Å². The number of aromatic nitrogens is 2. The summed E-state index contributed by atoms with van der Waals surface area (Å²) in [6.45, 7) is 6.74. The lowest BCUT2D eigenvalue weighted by Gasteiger charge is -2.34. The van der Waals surface area contributed by atoms with Crippen molar-refractivity contribution in [2.45, 2.75) is 57.8 Å². The first-order valence-electron chi connectivity index (χ1n) is 8.66. The fourth-order valence-electron chi connectivity index (χ4n) is 3.36. The summed E-state index contributed by atoms with van der Waals surface area (Å²) in [6, 6.07) is 0.270. The number of likely N-dealkylation sites (tertiary alicyclic amines) is 1. The van der Waals surface area contributed by atoms with Crippen LogP contribution in [0.5, 0.6) is 0 Å². The summed E-state index contributed by atoms with van der Waals surface area (Å²) in [5, 5.41) is 4.40. The van der Waals surface area contributed by atoms with Crippen LogP contribution in [0.3, 0.4) is 0 Å². The molecule has 6 nitrogen and oxygen atoms in total. The molecule has 23 heavy (non-hydrogen) atoms. The Balaban J connectivity index is 1.51. The predicted molar refractivity (Wildman–Crippen MR) is 86.2 cm³/mol. The molecule has 3 atom stereocenters. The topological polar surface area (TPSA) is 56.6 Å². The normalized spacial score (nSPS) is 26.4.